The summed E-state index contributed by atoms with van der Waals surface area (Å²) >= 11 is 1.74. The second kappa shape index (κ2) is 14.5. The van der Waals surface area contributed by atoms with Gasteiger partial charge in [0.25, 0.3) is 0 Å². The van der Waals surface area contributed by atoms with Gasteiger partial charge in [-0.25, -0.2) is 5.57 Å². The fraction of sp³-hybridized carbons (Fsp3) is 0.206. The van der Waals surface area contributed by atoms with E-state index in [4.69, 9.17) is 0 Å². The van der Waals surface area contributed by atoms with E-state index in [0.29, 0.717) is 5.92 Å². The normalized spacial score (nSPS) is 14.1. The molecule has 0 saturated heterocycles. The molecule has 1 aliphatic carbocycles. The molecule has 0 fully saturated rings. The monoisotopic (exact) mass is 630 g/mol. The smallest absolute Gasteiger partial charge is 0.0178 e. The van der Waals surface area contributed by atoms with Gasteiger partial charge in [-0.3, -0.25) is 6.08 Å². The Balaban J connectivity index is 0.000000286. The Kier molecular flexibility index (Phi) is 12.4. The van der Waals surface area contributed by atoms with E-state index in [-0.39, 0.29) is 30.2 Å². The van der Waals surface area contributed by atoms with Crippen molar-refractivity contribution < 1.29 is 48.1 Å². The summed E-state index contributed by atoms with van der Waals surface area (Å²) in [6.45, 7) is 13.3. The van der Waals surface area contributed by atoms with Gasteiger partial charge in [-0.15, -0.1) is 53.6 Å². The van der Waals surface area contributed by atoms with Crippen molar-refractivity contribution in [1.82, 2.24) is 0 Å². The Morgan fingerprint density at radius 2 is 1.32 bits per heavy atom. The van der Waals surface area contributed by atoms with E-state index in [2.05, 4.69) is 138 Å². The van der Waals surface area contributed by atoms with Crippen molar-refractivity contribution in [3.63, 3.8) is 0 Å². The van der Waals surface area contributed by atoms with Gasteiger partial charge in [0.1, 0.15) is 0 Å². The molecule has 0 spiro atoms. The first-order chi connectivity index (χ1) is 17.2. The van der Waals surface area contributed by atoms with Crippen molar-refractivity contribution in [1.29, 1.82) is 0 Å². The average molecular weight is 633 g/mol. The van der Waals surface area contributed by atoms with Crippen molar-refractivity contribution >= 4 is 37.8 Å². The van der Waals surface area contributed by atoms with Crippen LogP contribution in [-0.2, 0) is 23.3 Å². The molecular formula is C34H34Cl2SiZr-2. The third-order valence-corrected chi connectivity index (χ3v) is 6.93. The molecule has 0 nitrogen and oxygen atoms in total. The summed E-state index contributed by atoms with van der Waals surface area (Å²) in [7, 11) is 0. The zero-order chi connectivity index (χ0) is 25.8. The Morgan fingerprint density at radius 3 is 1.87 bits per heavy atom. The van der Waals surface area contributed by atoms with Gasteiger partial charge in [-0.2, -0.15) is 11.1 Å². The van der Waals surface area contributed by atoms with Crippen LogP contribution in [0, 0.1) is 12.0 Å². The number of rotatable bonds is 1. The molecule has 5 aromatic carbocycles. The van der Waals surface area contributed by atoms with Crippen molar-refractivity contribution in [3.8, 4) is 11.1 Å². The van der Waals surface area contributed by atoms with E-state index in [1.165, 1.54) is 60.2 Å². The standard InChI is InChI=1S/C23H15.C9H13.C2H6Si.2ClH.Zr/c1-2-7-18-14-21-15-20(10-9-19(21)13-17(18)6-1)23-12-11-16-5-3-4-8-22(16)23;1-6-5-7(2)9(4)8(6)3;1-3-2;;;/h1-15H;6H,1-4H3;1-2H3;2*1H;/q2*-1;;;;+2/p-2. The van der Waals surface area contributed by atoms with Gasteiger partial charge in [-0.1, -0.05) is 80.8 Å². The summed E-state index contributed by atoms with van der Waals surface area (Å²) in [5.74, 6) is 0.560. The molecule has 0 aliphatic heterocycles. The molecule has 6 rings (SSSR count). The van der Waals surface area contributed by atoms with E-state index in [1.807, 2.05) is 0 Å². The van der Waals surface area contributed by atoms with Gasteiger partial charge < -0.3 is 24.8 Å². The molecule has 1 unspecified atom stereocenters. The van der Waals surface area contributed by atoms with E-state index >= 15 is 0 Å². The molecule has 5 aromatic rings. The van der Waals surface area contributed by atoms with Crippen LogP contribution in [-0.4, -0.2) is 5.43 Å². The fourth-order valence-electron chi connectivity index (χ4n) is 4.67. The summed E-state index contributed by atoms with van der Waals surface area (Å²) < 4.78 is 0. The summed E-state index contributed by atoms with van der Waals surface area (Å²) in [6.07, 6.45) is 3.36. The van der Waals surface area contributed by atoms with Gasteiger partial charge >= 0.3 is 41.9 Å². The molecule has 194 valence electrons. The quantitative estimate of drug-likeness (QED) is 0.149. The maximum Gasteiger partial charge on any atom is -0.0178 e. The zero-order valence-corrected chi connectivity index (χ0v) is 28.0. The van der Waals surface area contributed by atoms with Crippen LogP contribution in [0.2, 0.25) is 13.1 Å². The number of allylic oxidation sites excluding steroid dienone is 4. The number of benzene rings is 4. The predicted octanol–water partition coefficient (Wildman–Crippen LogP) is 4.05. The van der Waals surface area contributed by atoms with Crippen molar-refractivity contribution in [2.75, 3.05) is 0 Å². The first-order valence-electron chi connectivity index (χ1n) is 12.6. The summed E-state index contributed by atoms with van der Waals surface area (Å²) in [6, 6.07) is 32.9. The van der Waals surface area contributed by atoms with Crippen molar-refractivity contribution in [2.45, 2.75) is 40.8 Å². The molecule has 38 heavy (non-hydrogen) atoms. The molecule has 0 aromatic heterocycles. The first-order valence-corrected chi connectivity index (χ1v) is 18.8. The van der Waals surface area contributed by atoms with Crippen LogP contribution in [0.15, 0.2) is 108 Å². The van der Waals surface area contributed by atoms with Crippen LogP contribution >= 0.6 is 0 Å². The summed E-state index contributed by atoms with van der Waals surface area (Å²) in [5, 5.41) is 7.82. The fourth-order valence-corrected chi connectivity index (χ4v) is 4.67. The van der Waals surface area contributed by atoms with E-state index < -0.39 is 0 Å². The first kappa shape index (κ1) is 32.4. The van der Waals surface area contributed by atoms with Gasteiger partial charge in [-0.05, 0) is 33.7 Å². The van der Waals surface area contributed by atoms with Crippen molar-refractivity contribution in [2.24, 2.45) is 5.92 Å². The second-order valence-electron chi connectivity index (χ2n) is 9.89. The molecule has 0 bridgehead atoms. The minimum absolute atomic E-state index is 0. The topological polar surface area (TPSA) is 0 Å². The summed E-state index contributed by atoms with van der Waals surface area (Å²) in [5.41, 5.74) is 7.06. The summed E-state index contributed by atoms with van der Waals surface area (Å²) in [4.78, 5) is 0. The third kappa shape index (κ3) is 7.64. The van der Waals surface area contributed by atoms with E-state index in [1.54, 1.807) is 23.3 Å². The van der Waals surface area contributed by atoms with Crippen LogP contribution in [0.5, 0.6) is 0 Å². The Bertz CT molecular complexity index is 1620. The maximum atomic E-state index is 3.36. The molecule has 1 atom stereocenters. The van der Waals surface area contributed by atoms with E-state index in [9.17, 15) is 0 Å². The zero-order valence-electron chi connectivity index (χ0n) is 23.0. The SMILES string of the molecule is CC1=[C-]C(C)C(C)=C1C.C[Si](C)=[Zr+2].[Cl-].[Cl-].c1ccc2cc3cc(-c4c[cH-]c5ccccc45)ccc3cc2c1. The second-order valence-corrected chi connectivity index (χ2v) is 19.3. The largest absolute Gasteiger partial charge is 1.00 e. The minimum atomic E-state index is 0. The molecule has 4 heteroatoms. The Morgan fingerprint density at radius 1 is 0.763 bits per heavy atom. The molecule has 0 heterocycles. The minimum Gasteiger partial charge on any atom is -1.00 e. The van der Waals surface area contributed by atoms with Crippen LogP contribution in [0.4, 0.5) is 0 Å². The Hall–Kier alpha value is -1.83. The third-order valence-electron chi connectivity index (χ3n) is 6.93. The molecule has 1 aliphatic rings. The van der Waals surface area contributed by atoms with E-state index in [0.717, 1.165) is 0 Å². The maximum absolute atomic E-state index is 3.36. The number of hydrogen-bond donors (Lipinski definition) is 0. The number of fused-ring (bicyclic) bond motifs is 3. The molecular weight excluding hydrogens is 599 g/mol. The van der Waals surface area contributed by atoms with Crippen LogP contribution in [0.3, 0.4) is 0 Å². The van der Waals surface area contributed by atoms with Crippen LogP contribution in [0.1, 0.15) is 27.7 Å². The predicted molar refractivity (Wildman–Crippen MR) is 157 cm³/mol. The van der Waals surface area contributed by atoms with Crippen LogP contribution in [0.25, 0.3) is 43.4 Å². The van der Waals surface area contributed by atoms with Gasteiger partial charge in [0.15, 0.2) is 0 Å². The molecule has 0 amide bonds. The average Bonchev–Trinajstić information content (AvgIpc) is 3.39. The van der Waals surface area contributed by atoms with Gasteiger partial charge in [0.2, 0.25) is 0 Å². The van der Waals surface area contributed by atoms with Crippen LogP contribution < -0.4 is 24.8 Å². The Labute approximate surface area is 255 Å². The molecule has 0 radical (unpaired) electrons. The van der Waals surface area contributed by atoms with Crippen molar-refractivity contribution in [3.05, 3.63) is 114 Å². The van der Waals surface area contributed by atoms with Gasteiger partial charge in [0, 0.05) is 0 Å². The molecule has 0 saturated carbocycles. The number of hydrogen-bond acceptors (Lipinski definition) is 0. The number of halogens is 2. The molecule has 0 N–H and O–H groups in total. The van der Waals surface area contributed by atoms with Gasteiger partial charge in [0.05, 0.1) is 0 Å².